The third kappa shape index (κ3) is 4.03. The van der Waals surface area contributed by atoms with Gasteiger partial charge in [-0.3, -0.25) is 14.7 Å². The maximum absolute atomic E-state index is 12.9. The van der Waals surface area contributed by atoms with Gasteiger partial charge in [-0.2, -0.15) is 0 Å². The molecule has 5 rings (SSSR count). The van der Waals surface area contributed by atoms with Crippen molar-refractivity contribution in [2.75, 3.05) is 26.2 Å². The Labute approximate surface area is 176 Å². The molecule has 7 nitrogen and oxygen atoms in total. The average Bonchev–Trinajstić information content (AvgIpc) is 3.28. The number of nitrogens with zero attached hydrogens (tertiary/aromatic N) is 4. The number of imidazole rings is 1. The molecule has 0 saturated carbocycles. The van der Waals surface area contributed by atoms with E-state index in [9.17, 15) is 4.79 Å². The second-order valence-corrected chi connectivity index (χ2v) is 8.19. The molecule has 0 spiro atoms. The molecule has 0 bridgehead atoms. The van der Waals surface area contributed by atoms with E-state index in [1.54, 1.807) is 18.7 Å². The number of amides is 1. The zero-order valence-corrected chi connectivity index (χ0v) is 17.0. The maximum Gasteiger partial charge on any atom is 0.253 e. The summed E-state index contributed by atoms with van der Waals surface area (Å²) in [5.74, 6) is 1.03. The van der Waals surface area contributed by atoms with Crippen LogP contribution in [0.15, 0.2) is 49.1 Å². The number of nitrogens with one attached hydrogen (secondary N) is 1. The Morgan fingerprint density at radius 1 is 1.00 bits per heavy atom. The number of fused-ring (bicyclic) bond motifs is 1. The number of carbonyl (C=O) groups excluding carboxylic acids is 1. The summed E-state index contributed by atoms with van der Waals surface area (Å²) in [6.45, 7) is 3.76. The number of likely N-dealkylation sites (tertiary alicyclic amines) is 2. The highest BCUT2D eigenvalue weighted by atomic mass is 16.5. The first kappa shape index (κ1) is 19.1. The van der Waals surface area contributed by atoms with E-state index in [0.29, 0.717) is 6.04 Å². The Morgan fingerprint density at radius 2 is 1.77 bits per heavy atom. The Bertz CT molecular complexity index is 989. The molecule has 0 aliphatic carbocycles. The van der Waals surface area contributed by atoms with Gasteiger partial charge in [-0.15, -0.1) is 0 Å². The maximum atomic E-state index is 12.9. The quantitative estimate of drug-likeness (QED) is 0.722. The second-order valence-electron chi connectivity index (χ2n) is 8.19. The fraction of sp³-hybridized carbons (Fsp3) is 0.435. The molecule has 156 valence electrons. The lowest BCUT2D eigenvalue weighted by Gasteiger charge is -2.41. The summed E-state index contributed by atoms with van der Waals surface area (Å²) in [6.07, 6.45) is 9.65. The van der Waals surface area contributed by atoms with Crippen molar-refractivity contribution in [2.24, 2.45) is 0 Å². The van der Waals surface area contributed by atoms with E-state index in [1.807, 2.05) is 35.2 Å². The fourth-order valence-electron chi connectivity index (χ4n) is 4.65. The summed E-state index contributed by atoms with van der Waals surface area (Å²) in [7, 11) is 0. The van der Waals surface area contributed by atoms with E-state index in [4.69, 9.17) is 4.74 Å². The molecule has 2 aliphatic rings. The predicted molar refractivity (Wildman–Crippen MR) is 114 cm³/mol. The minimum absolute atomic E-state index is 0.120. The molecule has 0 atom stereocenters. The van der Waals surface area contributed by atoms with Gasteiger partial charge < -0.3 is 14.6 Å². The Morgan fingerprint density at radius 3 is 2.53 bits per heavy atom. The molecule has 2 aromatic heterocycles. The van der Waals surface area contributed by atoms with Gasteiger partial charge in [0.15, 0.2) is 0 Å². The third-order valence-electron chi connectivity index (χ3n) is 6.36. The molecule has 1 aromatic carbocycles. The lowest BCUT2D eigenvalue weighted by Crippen LogP contribution is -2.50. The van der Waals surface area contributed by atoms with Crippen molar-refractivity contribution in [3.63, 3.8) is 0 Å². The zero-order chi connectivity index (χ0) is 20.3. The van der Waals surface area contributed by atoms with Gasteiger partial charge >= 0.3 is 0 Å². The van der Waals surface area contributed by atoms with E-state index >= 15 is 0 Å². The Kier molecular flexibility index (Phi) is 5.36. The third-order valence-corrected chi connectivity index (χ3v) is 6.36. The van der Waals surface area contributed by atoms with Crippen LogP contribution in [-0.2, 0) is 0 Å². The van der Waals surface area contributed by atoms with Gasteiger partial charge in [0.25, 0.3) is 5.91 Å². The van der Waals surface area contributed by atoms with E-state index in [-0.39, 0.29) is 12.0 Å². The van der Waals surface area contributed by atoms with Gasteiger partial charge in [-0.05, 0) is 56.0 Å². The fourth-order valence-corrected chi connectivity index (χ4v) is 4.65. The van der Waals surface area contributed by atoms with E-state index in [1.165, 1.54) is 0 Å². The largest absolute Gasteiger partial charge is 0.490 e. The number of carbonyl (C=O) groups is 1. The van der Waals surface area contributed by atoms with Crippen LogP contribution in [0, 0.1) is 0 Å². The van der Waals surface area contributed by atoms with Crippen LogP contribution < -0.4 is 4.74 Å². The van der Waals surface area contributed by atoms with E-state index < -0.39 is 0 Å². The summed E-state index contributed by atoms with van der Waals surface area (Å²) in [5, 5.41) is 0. The van der Waals surface area contributed by atoms with Crippen molar-refractivity contribution in [1.29, 1.82) is 0 Å². The van der Waals surface area contributed by atoms with Crippen LogP contribution in [0.3, 0.4) is 0 Å². The minimum Gasteiger partial charge on any atom is -0.490 e. The summed E-state index contributed by atoms with van der Waals surface area (Å²) in [5.41, 5.74) is 2.54. The molecule has 3 aromatic rings. The van der Waals surface area contributed by atoms with E-state index in [2.05, 4.69) is 19.9 Å². The van der Waals surface area contributed by atoms with Gasteiger partial charge in [0.1, 0.15) is 11.9 Å². The predicted octanol–water partition coefficient (Wildman–Crippen LogP) is 3.11. The van der Waals surface area contributed by atoms with Crippen LogP contribution in [0.4, 0.5) is 0 Å². The number of hydrogen-bond donors (Lipinski definition) is 1. The zero-order valence-electron chi connectivity index (χ0n) is 17.0. The molecule has 2 saturated heterocycles. The summed E-state index contributed by atoms with van der Waals surface area (Å²) in [6, 6.07) is 10.1. The number of H-pyrrole nitrogens is 1. The number of aromatic amines is 1. The Hall–Kier alpha value is -2.93. The SMILES string of the molecule is O=C(c1ccc2nc[nH]c2c1)N1CCC(N2CCC(Oc3ccncc3)CC2)CC1. The molecule has 2 fully saturated rings. The summed E-state index contributed by atoms with van der Waals surface area (Å²) in [4.78, 5) is 28.9. The van der Waals surface area contributed by atoms with Gasteiger partial charge in [-0.25, -0.2) is 4.98 Å². The van der Waals surface area contributed by atoms with Crippen LogP contribution in [-0.4, -0.2) is 69.0 Å². The summed E-state index contributed by atoms with van der Waals surface area (Å²) < 4.78 is 6.09. The summed E-state index contributed by atoms with van der Waals surface area (Å²) >= 11 is 0. The van der Waals surface area contributed by atoms with E-state index in [0.717, 1.165) is 74.2 Å². The molecule has 2 aliphatic heterocycles. The van der Waals surface area contributed by atoms with Crippen LogP contribution in [0.25, 0.3) is 11.0 Å². The van der Waals surface area contributed by atoms with Crippen molar-refractivity contribution in [2.45, 2.75) is 37.8 Å². The molecule has 0 unspecified atom stereocenters. The molecule has 0 radical (unpaired) electrons. The van der Waals surface area contributed by atoms with Crippen LogP contribution in [0.2, 0.25) is 0 Å². The Balaban J connectivity index is 1.11. The van der Waals surface area contributed by atoms with Crippen LogP contribution in [0.5, 0.6) is 5.75 Å². The van der Waals surface area contributed by atoms with Crippen LogP contribution >= 0.6 is 0 Å². The standard InChI is InChI=1S/C23H27N5O2/c29-23(17-1-2-21-22(15-17)26-16-25-21)28-11-5-18(6-12-28)27-13-7-20(8-14-27)30-19-3-9-24-10-4-19/h1-4,9-10,15-16,18,20H,5-8,11-14H2,(H,25,26). The molecule has 30 heavy (non-hydrogen) atoms. The number of pyridine rings is 1. The molecule has 1 N–H and O–H groups in total. The smallest absolute Gasteiger partial charge is 0.253 e. The second kappa shape index (κ2) is 8.44. The number of rotatable bonds is 4. The number of aromatic nitrogens is 3. The molecular formula is C23H27N5O2. The number of benzene rings is 1. The minimum atomic E-state index is 0.120. The highest BCUT2D eigenvalue weighted by molar-refractivity contribution is 5.97. The van der Waals surface area contributed by atoms with Crippen LogP contribution in [0.1, 0.15) is 36.0 Å². The first-order valence-corrected chi connectivity index (χ1v) is 10.8. The van der Waals surface area contributed by atoms with Crippen molar-refractivity contribution in [3.05, 3.63) is 54.6 Å². The van der Waals surface area contributed by atoms with Gasteiger partial charge in [-0.1, -0.05) is 0 Å². The van der Waals surface area contributed by atoms with Gasteiger partial charge in [0.2, 0.25) is 0 Å². The lowest BCUT2D eigenvalue weighted by atomic mass is 9.98. The van der Waals surface area contributed by atoms with Crippen molar-refractivity contribution < 1.29 is 9.53 Å². The topological polar surface area (TPSA) is 74.4 Å². The van der Waals surface area contributed by atoms with Gasteiger partial charge in [0, 0.05) is 50.2 Å². The lowest BCUT2D eigenvalue weighted by molar-refractivity contribution is 0.0425. The number of hydrogen-bond acceptors (Lipinski definition) is 5. The molecule has 4 heterocycles. The van der Waals surface area contributed by atoms with Crippen molar-refractivity contribution in [1.82, 2.24) is 24.8 Å². The monoisotopic (exact) mass is 405 g/mol. The van der Waals surface area contributed by atoms with Crippen molar-refractivity contribution >= 4 is 16.9 Å². The number of piperidine rings is 2. The first-order chi connectivity index (χ1) is 14.8. The molecule has 1 amide bonds. The molecule has 7 heteroatoms. The van der Waals surface area contributed by atoms with Crippen molar-refractivity contribution in [3.8, 4) is 5.75 Å². The average molecular weight is 406 g/mol. The highest BCUT2D eigenvalue weighted by Crippen LogP contribution is 2.24. The van der Waals surface area contributed by atoms with Gasteiger partial charge in [0.05, 0.1) is 17.4 Å². The number of ether oxygens (including phenoxy) is 1. The normalized spacial score (nSPS) is 19.3. The molecular weight excluding hydrogens is 378 g/mol. The highest BCUT2D eigenvalue weighted by Gasteiger charge is 2.30. The first-order valence-electron chi connectivity index (χ1n) is 10.8.